The molecular weight excluding hydrogens is 168 g/mol. The van der Waals surface area contributed by atoms with Crippen LogP contribution in [0.1, 0.15) is 27.2 Å². The summed E-state index contributed by atoms with van der Waals surface area (Å²) in [6, 6.07) is 0.178. The number of rotatable bonds is 2. The van der Waals surface area contributed by atoms with Gasteiger partial charge in [0.1, 0.15) is 0 Å². The minimum absolute atomic E-state index is 0.174. The number of amides is 1. The third-order valence-corrected chi connectivity index (χ3v) is 2.12. The highest BCUT2D eigenvalue weighted by Crippen LogP contribution is 2.13. The summed E-state index contributed by atoms with van der Waals surface area (Å²) in [5, 5.41) is 12.0. The van der Waals surface area contributed by atoms with Gasteiger partial charge in [-0.25, -0.2) is 0 Å². The van der Waals surface area contributed by atoms with Gasteiger partial charge in [0, 0.05) is 17.8 Å². The Labute approximate surface area is 78.2 Å². The third-order valence-electron chi connectivity index (χ3n) is 2.12. The Hall–Kier alpha value is -1.03. The molecule has 0 aromatic carbocycles. The van der Waals surface area contributed by atoms with Gasteiger partial charge >= 0.3 is 0 Å². The highest BCUT2D eigenvalue weighted by Gasteiger charge is 2.24. The van der Waals surface area contributed by atoms with E-state index in [0.717, 1.165) is 0 Å². The zero-order valence-corrected chi connectivity index (χ0v) is 8.24. The Balaban J connectivity index is 2.86. The summed E-state index contributed by atoms with van der Waals surface area (Å²) in [6.07, 6.45) is 1.53. The zero-order valence-electron chi connectivity index (χ0n) is 8.24. The first-order valence-electron chi connectivity index (χ1n) is 4.53. The second-order valence-corrected chi connectivity index (χ2v) is 3.40. The smallest absolute Gasteiger partial charge is 0.252 e. The molecule has 0 radical (unpaired) electrons. The van der Waals surface area contributed by atoms with Crippen LogP contribution in [0, 0.1) is 0 Å². The first kappa shape index (κ1) is 10.1. The molecule has 1 amide bonds. The normalized spacial score (nSPS) is 23.2. The van der Waals surface area contributed by atoms with Crippen molar-refractivity contribution in [3.8, 4) is 0 Å². The summed E-state index contributed by atoms with van der Waals surface area (Å²) in [4.78, 5) is 13.0. The molecule has 0 fully saturated rings. The SMILES string of the molecule is CCC1=CN(C(C)C)C(O)NC1=O. The molecule has 1 rings (SSSR count). The number of hydrogen-bond donors (Lipinski definition) is 2. The lowest BCUT2D eigenvalue weighted by Crippen LogP contribution is -2.52. The molecule has 1 aliphatic heterocycles. The van der Waals surface area contributed by atoms with Crippen LogP contribution in [0.25, 0.3) is 0 Å². The molecule has 0 saturated heterocycles. The van der Waals surface area contributed by atoms with Crippen molar-refractivity contribution in [1.29, 1.82) is 0 Å². The number of carbonyl (C=O) groups excluding carboxylic acids is 1. The summed E-state index contributed by atoms with van der Waals surface area (Å²) in [6.45, 7) is 5.84. The molecule has 4 heteroatoms. The molecule has 0 bridgehead atoms. The monoisotopic (exact) mass is 184 g/mol. The van der Waals surface area contributed by atoms with E-state index in [2.05, 4.69) is 5.32 Å². The van der Waals surface area contributed by atoms with E-state index >= 15 is 0 Å². The Morgan fingerprint density at radius 3 is 2.77 bits per heavy atom. The second kappa shape index (κ2) is 3.79. The molecule has 1 heterocycles. The largest absolute Gasteiger partial charge is 0.356 e. The van der Waals surface area contributed by atoms with Crippen LogP contribution >= 0.6 is 0 Å². The van der Waals surface area contributed by atoms with E-state index in [0.29, 0.717) is 12.0 Å². The van der Waals surface area contributed by atoms with Crippen LogP contribution in [-0.2, 0) is 4.79 Å². The van der Waals surface area contributed by atoms with Gasteiger partial charge in [0.05, 0.1) is 0 Å². The molecule has 1 atom stereocenters. The highest BCUT2D eigenvalue weighted by molar-refractivity contribution is 5.93. The lowest BCUT2D eigenvalue weighted by Gasteiger charge is -2.34. The number of nitrogens with zero attached hydrogens (tertiary/aromatic N) is 1. The Kier molecular flexibility index (Phi) is 2.93. The first-order valence-corrected chi connectivity index (χ1v) is 4.53. The van der Waals surface area contributed by atoms with Crippen LogP contribution < -0.4 is 5.32 Å². The summed E-state index contributed by atoms with van der Waals surface area (Å²) >= 11 is 0. The first-order chi connectivity index (χ1) is 6.06. The fourth-order valence-corrected chi connectivity index (χ4v) is 1.28. The molecule has 0 aromatic heterocycles. The van der Waals surface area contributed by atoms with Crippen molar-refractivity contribution in [2.75, 3.05) is 0 Å². The minimum Gasteiger partial charge on any atom is -0.356 e. The lowest BCUT2D eigenvalue weighted by atomic mass is 10.1. The molecule has 0 spiro atoms. The van der Waals surface area contributed by atoms with Crippen molar-refractivity contribution < 1.29 is 9.90 Å². The zero-order chi connectivity index (χ0) is 10.0. The second-order valence-electron chi connectivity index (χ2n) is 3.40. The van der Waals surface area contributed by atoms with Crippen molar-refractivity contribution in [3.05, 3.63) is 11.8 Å². The molecule has 0 saturated carbocycles. The van der Waals surface area contributed by atoms with Crippen LogP contribution in [-0.4, -0.2) is 28.3 Å². The van der Waals surface area contributed by atoms with E-state index in [1.54, 1.807) is 11.1 Å². The molecule has 13 heavy (non-hydrogen) atoms. The predicted molar refractivity (Wildman–Crippen MR) is 49.5 cm³/mol. The van der Waals surface area contributed by atoms with Gasteiger partial charge in [-0.3, -0.25) is 4.79 Å². The van der Waals surface area contributed by atoms with Gasteiger partial charge in [-0.1, -0.05) is 6.92 Å². The Morgan fingerprint density at radius 1 is 1.69 bits per heavy atom. The Bertz CT molecular complexity index is 236. The van der Waals surface area contributed by atoms with Gasteiger partial charge in [0.15, 0.2) is 0 Å². The van der Waals surface area contributed by atoms with Gasteiger partial charge < -0.3 is 15.3 Å². The average Bonchev–Trinajstić information content (AvgIpc) is 2.03. The third kappa shape index (κ3) is 2.01. The quantitative estimate of drug-likeness (QED) is 0.653. The molecule has 0 aliphatic carbocycles. The van der Waals surface area contributed by atoms with Gasteiger partial charge in [-0.05, 0) is 20.3 Å². The van der Waals surface area contributed by atoms with Crippen LogP contribution in [0.3, 0.4) is 0 Å². The number of hydrogen-bond acceptors (Lipinski definition) is 3. The highest BCUT2D eigenvalue weighted by atomic mass is 16.3. The van der Waals surface area contributed by atoms with Gasteiger partial charge in [-0.15, -0.1) is 0 Å². The van der Waals surface area contributed by atoms with Crippen molar-refractivity contribution >= 4 is 5.91 Å². The van der Waals surface area contributed by atoms with Crippen LogP contribution in [0.2, 0.25) is 0 Å². The van der Waals surface area contributed by atoms with Crippen molar-refractivity contribution in [3.63, 3.8) is 0 Å². The summed E-state index contributed by atoms with van der Waals surface area (Å²) in [5.74, 6) is -0.174. The maximum atomic E-state index is 11.2. The van der Waals surface area contributed by atoms with E-state index in [1.165, 1.54) is 0 Å². The maximum Gasteiger partial charge on any atom is 0.252 e. The van der Waals surface area contributed by atoms with Gasteiger partial charge in [0.2, 0.25) is 6.35 Å². The number of aliphatic hydroxyl groups excluding tert-OH is 1. The number of nitrogens with one attached hydrogen (secondary N) is 1. The molecule has 1 aliphatic rings. The van der Waals surface area contributed by atoms with E-state index < -0.39 is 6.35 Å². The molecular formula is C9H16N2O2. The molecule has 1 unspecified atom stereocenters. The molecule has 4 nitrogen and oxygen atoms in total. The van der Waals surface area contributed by atoms with Crippen LogP contribution in [0.15, 0.2) is 11.8 Å². The minimum atomic E-state index is -0.886. The molecule has 0 aromatic rings. The number of carbonyl (C=O) groups is 1. The summed E-state index contributed by atoms with van der Waals surface area (Å²) < 4.78 is 0. The lowest BCUT2D eigenvalue weighted by molar-refractivity contribution is -0.127. The van der Waals surface area contributed by atoms with Crippen molar-refractivity contribution in [2.45, 2.75) is 39.6 Å². The summed E-state index contributed by atoms with van der Waals surface area (Å²) in [7, 11) is 0. The van der Waals surface area contributed by atoms with Crippen molar-refractivity contribution in [2.24, 2.45) is 0 Å². The van der Waals surface area contributed by atoms with Gasteiger partial charge in [-0.2, -0.15) is 0 Å². The standard InChI is InChI=1S/C9H16N2O2/c1-4-7-5-11(6(2)3)9(13)10-8(7)12/h5-6,9,13H,4H2,1-3H3,(H,10,12). The number of aliphatic hydroxyl groups is 1. The van der Waals surface area contributed by atoms with Crippen LogP contribution in [0.5, 0.6) is 0 Å². The van der Waals surface area contributed by atoms with E-state index in [4.69, 9.17) is 0 Å². The van der Waals surface area contributed by atoms with Gasteiger partial charge in [0.25, 0.3) is 5.91 Å². The van der Waals surface area contributed by atoms with E-state index in [-0.39, 0.29) is 11.9 Å². The molecule has 74 valence electrons. The molecule has 2 N–H and O–H groups in total. The maximum absolute atomic E-state index is 11.2. The van der Waals surface area contributed by atoms with E-state index in [1.807, 2.05) is 20.8 Å². The fraction of sp³-hybridized carbons (Fsp3) is 0.667. The average molecular weight is 184 g/mol. The fourth-order valence-electron chi connectivity index (χ4n) is 1.28. The van der Waals surface area contributed by atoms with E-state index in [9.17, 15) is 9.90 Å². The van der Waals surface area contributed by atoms with Crippen LogP contribution in [0.4, 0.5) is 0 Å². The van der Waals surface area contributed by atoms with Crippen molar-refractivity contribution in [1.82, 2.24) is 10.2 Å². The predicted octanol–water partition coefficient (Wildman–Crippen LogP) is 0.396. The topological polar surface area (TPSA) is 52.6 Å². The Morgan fingerprint density at radius 2 is 2.31 bits per heavy atom. The summed E-state index contributed by atoms with van der Waals surface area (Å²) in [5.41, 5.74) is 0.707.